The fourth-order valence-corrected chi connectivity index (χ4v) is 2.92. The summed E-state index contributed by atoms with van der Waals surface area (Å²) in [6.07, 6.45) is 1.32. The summed E-state index contributed by atoms with van der Waals surface area (Å²) in [6.45, 7) is 4.31. The van der Waals surface area contributed by atoms with Crippen LogP contribution in [-0.4, -0.2) is 21.4 Å². The van der Waals surface area contributed by atoms with Crippen molar-refractivity contribution in [2.24, 2.45) is 0 Å². The minimum atomic E-state index is -0.469. The van der Waals surface area contributed by atoms with Gasteiger partial charge in [-0.25, -0.2) is 9.97 Å². The second kappa shape index (κ2) is 8.01. The highest BCUT2D eigenvalue weighted by atomic mass is 35.5. The lowest BCUT2D eigenvalue weighted by Gasteiger charge is -2.22. The van der Waals surface area contributed by atoms with E-state index in [9.17, 15) is 10.1 Å². The molecule has 0 aliphatic carbocycles. The molecular formula is C19H18ClN5O2. The molecule has 0 amide bonds. The lowest BCUT2D eigenvalue weighted by Crippen LogP contribution is -2.19. The Bertz CT molecular complexity index is 966. The van der Waals surface area contributed by atoms with E-state index >= 15 is 0 Å². The maximum absolute atomic E-state index is 11.9. The van der Waals surface area contributed by atoms with Crippen molar-refractivity contribution < 1.29 is 4.92 Å². The standard InChI is InChI=1S/C19H18ClN5O2/c1-3-24(15-7-5-4-6-8-15)19-17(25(26)27)18(21-12-22-19)23-16-11-14(20)10-9-13(16)2/h4-12H,3H2,1-2H3,(H,21,22,23). The normalized spacial score (nSPS) is 10.5. The summed E-state index contributed by atoms with van der Waals surface area (Å²) in [4.78, 5) is 21.5. The molecule has 1 heterocycles. The van der Waals surface area contributed by atoms with Gasteiger partial charge in [0.25, 0.3) is 0 Å². The van der Waals surface area contributed by atoms with Crippen molar-refractivity contribution in [1.82, 2.24) is 9.97 Å². The average molecular weight is 384 g/mol. The van der Waals surface area contributed by atoms with E-state index in [-0.39, 0.29) is 17.3 Å². The number of nitrogens with zero attached hydrogens (tertiary/aromatic N) is 4. The molecule has 3 aromatic rings. The van der Waals surface area contributed by atoms with E-state index in [4.69, 9.17) is 11.6 Å². The number of nitrogens with one attached hydrogen (secondary N) is 1. The van der Waals surface area contributed by atoms with Gasteiger partial charge in [-0.2, -0.15) is 0 Å². The van der Waals surface area contributed by atoms with Crippen molar-refractivity contribution in [2.75, 3.05) is 16.8 Å². The van der Waals surface area contributed by atoms with Crippen molar-refractivity contribution >= 4 is 40.3 Å². The van der Waals surface area contributed by atoms with Crippen LogP contribution in [0.1, 0.15) is 12.5 Å². The fourth-order valence-electron chi connectivity index (χ4n) is 2.75. The number of hydrogen-bond acceptors (Lipinski definition) is 6. The Hall–Kier alpha value is -3.19. The van der Waals surface area contributed by atoms with Crippen LogP contribution >= 0.6 is 11.6 Å². The number of rotatable bonds is 6. The molecule has 0 aliphatic rings. The van der Waals surface area contributed by atoms with E-state index in [0.29, 0.717) is 17.3 Å². The number of benzene rings is 2. The Labute approximate surface area is 161 Å². The third kappa shape index (κ3) is 3.98. The summed E-state index contributed by atoms with van der Waals surface area (Å²) >= 11 is 6.05. The largest absolute Gasteiger partial charge is 0.354 e. The van der Waals surface area contributed by atoms with Crippen molar-refractivity contribution in [3.05, 3.63) is 75.6 Å². The molecule has 0 spiro atoms. The minimum absolute atomic E-state index is 0.116. The third-order valence-electron chi connectivity index (χ3n) is 4.08. The molecule has 2 aromatic carbocycles. The molecule has 0 saturated heterocycles. The van der Waals surface area contributed by atoms with Crippen LogP contribution in [0.3, 0.4) is 0 Å². The first kappa shape index (κ1) is 18.6. The molecule has 1 N–H and O–H groups in total. The van der Waals surface area contributed by atoms with Crippen molar-refractivity contribution in [1.29, 1.82) is 0 Å². The summed E-state index contributed by atoms with van der Waals surface area (Å²) in [6, 6.07) is 14.7. The molecule has 8 heteroatoms. The molecule has 27 heavy (non-hydrogen) atoms. The van der Waals surface area contributed by atoms with Gasteiger partial charge in [0.05, 0.1) is 4.92 Å². The summed E-state index contributed by atoms with van der Waals surface area (Å²) in [5, 5.41) is 15.4. The highest BCUT2D eigenvalue weighted by molar-refractivity contribution is 6.30. The summed E-state index contributed by atoms with van der Waals surface area (Å²) in [5.74, 6) is 0.343. The molecule has 0 saturated carbocycles. The number of para-hydroxylation sites is 1. The Morgan fingerprint density at radius 2 is 1.93 bits per heavy atom. The number of halogens is 1. The van der Waals surface area contributed by atoms with E-state index < -0.39 is 4.92 Å². The fraction of sp³-hybridized carbons (Fsp3) is 0.158. The van der Waals surface area contributed by atoms with Gasteiger partial charge in [-0.1, -0.05) is 35.9 Å². The first-order chi connectivity index (χ1) is 13.0. The molecule has 0 fully saturated rings. The predicted octanol–water partition coefficient (Wildman–Crippen LogP) is 5.25. The molecule has 0 atom stereocenters. The Kier molecular flexibility index (Phi) is 5.52. The second-order valence-electron chi connectivity index (χ2n) is 5.82. The van der Waals surface area contributed by atoms with E-state index in [0.717, 1.165) is 11.3 Å². The Morgan fingerprint density at radius 1 is 1.19 bits per heavy atom. The Morgan fingerprint density at radius 3 is 2.59 bits per heavy atom. The van der Waals surface area contributed by atoms with Gasteiger partial charge in [0, 0.05) is 22.9 Å². The van der Waals surface area contributed by atoms with Gasteiger partial charge in [-0.3, -0.25) is 10.1 Å². The van der Waals surface area contributed by atoms with Gasteiger partial charge >= 0.3 is 5.69 Å². The van der Waals surface area contributed by atoms with E-state index in [1.54, 1.807) is 17.0 Å². The lowest BCUT2D eigenvalue weighted by molar-refractivity contribution is -0.383. The van der Waals surface area contributed by atoms with Crippen LogP contribution in [0.4, 0.5) is 28.7 Å². The molecular weight excluding hydrogens is 366 g/mol. The van der Waals surface area contributed by atoms with Crippen molar-refractivity contribution in [3.8, 4) is 0 Å². The molecule has 3 rings (SSSR count). The molecule has 0 aliphatic heterocycles. The Balaban J connectivity index is 2.10. The molecule has 7 nitrogen and oxygen atoms in total. The second-order valence-corrected chi connectivity index (χ2v) is 6.25. The van der Waals surface area contributed by atoms with Crippen LogP contribution in [0.15, 0.2) is 54.9 Å². The molecule has 1 aromatic heterocycles. The SMILES string of the molecule is CCN(c1ccccc1)c1ncnc(Nc2cc(Cl)ccc2C)c1[N+](=O)[O-]. The zero-order valence-electron chi connectivity index (χ0n) is 14.9. The number of hydrogen-bond donors (Lipinski definition) is 1. The summed E-state index contributed by atoms with van der Waals surface area (Å²) < 4.78 is 0. The third-order valence-corrected chi connectivity index (χ3v) is 4.31. The predicted molar refractivity (Wildman–Crippen MR) is 107 cm³/mol. The van der Waals surface area contributed by atoms with Crippen LogP contribution in [0.2, 0.25) is 5.02 Å². The highest BCUT2D eigenvalue weighted by Gasteiger charge is 2.27. The monoisotopic (exact) mass is 383 g/mol. The number of aryl methyl sites for hydroxylation is 1. The van der Waals surface area contributed by atoms with Gasteiger partial charge in [0.1, 0.15) is 6.33 Å². The van der Waals surface area contributed by atoms with Gasteiger partial charge in [-0.05, 0) is 43.7 Å². The first-order valence-corrected chi connectivity index (χ1v) is 8.74. The lowest BCUT2D eigenvalue weighted by atomic mass is 10.2. The van der Waals surface area contributed by atoms with Crippen LogP contribution in [0, 0.1) is 17.0 Å². The quantitative estimate of drug-likeness (QED) is 0.462. The van der Waals surface area contributed by atoms with Gasteiger partial charge in [0.2, 0.25) is 11.6 Å². The molecule has 0 bridgehead atoms. The summed E-state index contributed by atoms with van der Waals surface area (Å²) in [7, 11) is 0. The zero-order chi connectivity index (χ0) is 19.4. The van der Waals surface area contributed by atoms with Crippen molar-refractivity contribution in [3.63, 3.8) is 0 Å². The van der Waals surface area contributed by atoms with Crippen LogP contribution < -0.4 is 10.2 Å². The zero-order valence-corrected chi connectivity index (χ0v) is 15.6. The molecule has 138 valence electrons. The van der Waals surface area contributed by atoms with E-state index in [2.05, 4.69) is 15.3 Å². The van der Waals surface area contributed by atoms with Crippen molar-refractivity contribution in [2.45, 2.75) is 13.8 Å². The van der Waals surface area contributed by atoms with Gasteiger partial charge in [-0.15, -0.1) is 0 Å². The number of aromatic nitrogens is 2. The van der Waals surface area contributed by atoms with Gasteiger partial charge < -0.3 is 10.2 Å². The summed E-state index contributed by atoms with van der Waals surface area (Å²) in [5.41, 5.74) is 2.16. The molecule has 0 radical (unpaired) electrons. The maximum Gasteiger partial charge on any atom is 0.354 e. The number of anilines is 4. The number of nitro groups is 1. The van der Waals surface area contributed by atoms with Crippen LogP contribution in [-0.2, 0) is 0 Å². The smallest absolute Gasteiger partial charge is 0.334 e. The highest BCUT2D eigenvalue weighted by Crippen LogP contribution is 2.37. The van der Waals surface area contributed by atoms with E-state index in [1.165, 1.54) is 6.33 Å². The van der Waals surface area contributed by atoms with Crippen LogP contribution in [0.5, 0.6) is 0 Å². The minimum Gasteiger partial charge on any atom is -0.334 e. The first-order valence-electron chi connectivity index (χ1n) is 8.36. The molecule has 0 unspecified atom stereocenters. The van der Waals surface area contributed by atoms with E-state index in [1.807, 2.05) is 50.2 Å². The maximum atomic E-state index is 11.9. The van der Waals surface area contributed by atoms with Gasteiger partial charge in [0.15, 0.2) is 0 Å². The van der Waals surface area contributed by atoms with Crippen LogP contribution in [0.25, 0.3) is 0 Å². The topological polar surface area (TPSA) is 84.2 Å². The average Bonchev–Trinajstić information content (AvgIpc) is 2.66.